The molecule has 5 heteroatoms. The van der Waals surface area contributed by atoms with Gasteiger partial charge in [0.05, 0.1) is 0 Å². The van der Waals surface area contributed by atoms with Gasteiger partial charge in [-0.15, -0.1) is 0 Å². The van der Waals surface area contributed by atoms with Gasteiger partial charge in [0.25, 0.3) is 0 Å². The zero-order valence-electron chi connectivity index (χ0n) is 9.45. The highest BCUT2D eigenvalue weighted by Gasteiger charge is 2.01. The molecule has 0 spiro atoms. The maximum Gasteiger partial charge on any atom is 0.131 e. The molecule has 2 N–H and O–H groups in total. The first-order chi connectivity index (χ1) is 7.26. The van der Waals surface area contributed by atoms with Crippen molar-refractivity contribution < 1.29 is 0 Å². The fraction of sp³-hybridized carbons (Fsp3) is 0.600. The Morgan fingerprint density at radius 3 is 2.80 bits per heavy atom. The van der Waals surface area contributed by atoms with Crippen LogP contribution in [0.2, 0.25) is 0 Å². The third-order valence-corrected chi connectivity index (χ3v) is 2.91. The first kappa shape index (κ1) is 12.1. The standard InChI is InChI=1S/C10H18N4S/c1-8(6-15-3)5-12-10-4-9(11-2)13-7-14-10/h4,7-8H,5-6H2,1-3H3,(H2,11,12,13,14). The second-order valence-corrected chi connectivity index (χ2v) is 4.39. The second kappa shape index (κ2) is 6.50. The van der Waals surface area contributed by atoms with Crippen molar-refractivity contribution in [3.8, 4) is 0 Å². The van der Waals surface area contributed by atoms with Gasteiger partial charge in [-0.2, -0.15) is 11.8 Å². The predicted molar refractivity (Wildman–Crippen MR) is 67.6 cm³/mol. The molecule has 1 heterocycles. The molecule has 0 bridgehead atoms. The Hall–Kier alpha value is -0.970. The van der Waals surface area contributed by atoms with Gasteiger partial charge in [-0.1, -0.05) is 6.92 Å². The van der Waals surface area contributed by atoms with Crippen LogP contribution in [0.1, 0.15) is 6.92 Å². The number of aromatic nitrogens is 2. The summed E-state index contributed by atoms with van der Waals surface area (Å²) in [6.45, 7) is 3.17. The molecule has 1 unspecified atom stereocenters. The Balaban J connectivity index is 2.43. The minimum Gasteiger partial charge on any atom is -0.373 e. The monoisotopic (exact) mass is 226 g/mol. The molecular formula is C10H18N4S. The van der Waals surface area contributed by atoms with Gasteiger partial charge in [0.15, 0.2) is 0 Å². The van der Waals surface area contributed by atoms with Crippen LogP contribution in [0.25, 0.3) is 0 Å². The lowest BCUT2D eigenvalue weighted by Gasteiger charge is -2.11. The van der Waals surface area contributed by atoms with Crippen molar-refractivity contribution in [3.05, 3.63) is 12.4 Å². The lowest BCUT2D eigenvalue weighted by atomic mass is 10.2. The van der Waals surface area contributed by atoms with Crippen LogP contribution in [0.5, 0.6) is 0 Å². The maximum absolute atomic E-state index is 4.15. The van der Waals surface area contributed by atoms with Crippen LogP contribution in [0.3, 0.4) is 0 Å². The zero-order valence-corrected chi connectivity index (χ0v) is 10.3. The van der Waals surface area contributed by atoms with E-state index in [1.54, 1.807) is 6.33 Å². The summed E-state index contributed by atoms with van der Waals surface area (Å²) in [6.07, 6.45) is 3.69. The van der Waals surface area contributed by atoms with E-state index in [2.05, 4.69) is 33.8 Å². The highest BCUT2D eigenvalue weighted by molar-refractivity contribution is 7.98. The fourth-order valence-corrected chi connectivity index (χ4v) is 1.90. The van der Waals surface area contributed by atoms with E-state index in [4.69, 9.17) is 0 Å². The number of thioether (sulfide) groups is 1. The largest absolute Gasteiger partial charge is 0.373 e. The molecule has 0 saturated carbocycles. The number of anilines is 2. The van der Waals surface area contributed by atoms with Crippen LogP contribution >= 0.6 is 11.8 Å². The molecule has 1 aromatic heterocycles. The van der Waals surface area contributed by atoms with Gasteiger partial charge in [-0.25, -0.2) is 9.97 Å². The number of rotatable bonds is 6. The van der Waals surface area contributed by atoms with E-state index in [1.807, 2.05) is 24.9 Å². The fourth-order valence-electron chi connectivity index (χ4n) is 1.21. The Bertz CT molecular complexity index is 293. The van der Waals surface area contributed by atoms with Crippen molar-refractivity contribution in [2.45, 2.75) is 6.92 Å². The molecule has 1 atom stereocenters. The first-order valence-corrected chi connectivity index (χ1v) is 6.38. The Morgan fingerprint density at radius 1 is 1.40 bits per heavy atom. The van der Waals surface area contributed by atoms with Crippen molar-refractivity contribution in [1.29, 1.82) is 0 Å². The van der Waals surface area contributed by atoms with Crippen LogP contribution in [0.4, 0.5) is 11.6 Å². The van der Waals surface area contributed by atoms with Gasteiger partial charge in [-0.05, 0) is 17.9 Å². The molecule has 0 aliphatic heterocycles. The Kier molecular flexibility index (Phi) is 5.25. The van der Waals surface area contributed by atoms with E-state index in [1.165, 1.54) is 0 Å². The molecule has 0 aromatic carbocycles. The minimum atomic E-state index is 0.646. The smallest absolute Gasteiger partial charge is 0.131 e. The number of hydrogen-bond acceptors (Lipinski definition) is 5. The van der Waals surface area contributed by atoms with E-state index in [-0.39, 0.29) is 0 Å². The molecule has 84 valence electrons. The van der Waals surface area contributed by atoms with Crippen molar-refractivity contribution in [2.75, 3.05) is 36.2 Å². The molecule has 0 amide bonds. The average molecular weight is 226 g/mol. The van der Waals surface area contributed by atoms with E-state index in [0.29, 0.717) is 5.92 Å². The summed E-state index contributed by atoms with van der Waals surface area (Å²) in [5.74, 6) is 3.53. The molecule has 0 aliphatic rings. The molecule has 15 heavy (non-hydrogen) atoms. The third kappa shape index (κ3) is 4.38. The van der Waals surface area contributed by atoms with E-state index in [0.717, 1.165) is 23.9 Å². The number of nitrogens with zero attached hydrogens (tertiary/aromatic N) is 2. The lowest BCUT2D eigenvalue weighted by Crippen LogP contribution is -2.14. The molecule has 0 fully saturated rings. The summed E-state index contributed by atoms with van der Waals surface area (Å²) in [7, 11) is 1.85. The van der Waals surface area contributed by atoms with E-state index in [9.17, 15) is 0 Å². The van der Waals surface area contributed by atoms with Crippen molar-refractivity contribution >= 4 is 23.4 Å². The van der Waals surface area contributed by atoms with Gasteiger partial charge in [0, 0.05) is 19.7 Å². The van der Waals surface area contributed by atoms with Gasteiger partial charge in [0.1, 0.15) is 18.0 Å². The van der Waals surface area contributed by atoms with Gasteiger partial charge < -0.3 is 10.6 Å². The zero-order chi connectivity index (χ0) is 11.1. The summed E-state index contributed by atoms with van der Waals surface area (Å²) >= 11 is 1.87. The van der Waals surface area contributed by atoms with E-state index >= 15 is 0 Å². The number of hydrogen-bond donors (Lipinski definition) is 2. The summed E-state index contributed by atoms with van der Waals surface area (Å²) in [5, 5.41) is 6.28. The van der Waals surface area contributed by atoms with Crippen molar-refractivity contribution in [2.24, 2.45) is 5.92 Å². The lowest BCUT2D eigenvalue weighted by molar-refractivity contribution is 0.699. The highest BCUT2D eigenvalue weighted by Crippen LogP contribution is 2.10. The number of nitrogens with one attached hydrogen (secondary N) is 2. The third-order valence-electron chi connectivity index (χ3n) is 2.01. The second-order valence-electron chi connectivity index (χ2n) is 3.48. The summed E-state index contributed by atoms with van der Waals surface area (Å²) in [6, 6.07) is 1.91. The first-order valence-electron chi connectivity index (χ1n) is 4.99. The molecule has 1 aromatic rings. The molecule has 1 rings (SSSR count). The van der Waals surface area contributed by atoms with Crippen LogP contribution in [0, 0.1) is 5.92 Å². The molecule has 0 aliphatic carbocycles. The predicted octanol–water partition coefficient (Wildman–Crippen LogP) is 1.93. The van der Waals surface area contributed by atoms with Crippen molar-refractivity contribution in [1.82, 2.24) is 9.97 Å². The average Bonchev–Trinajstić information content (AvgIpc) is 2.27. The molecule has 0 saturated heterocycles. The normalized spacial score (nSPS) is 12.2. The highest BCUT2D eigenvalue weighted by atomic mass is 32.2. The quantitative estimate of drug-likeness (QED) is 0.776. The van der Waals surface area contributed by atoms with Gasteiger partial charge in [0.2, 0.25) is 0 Å². The van der Waals surface area contributed by atoms with E-state index < -0.39 is 0 Å². The van der Waals surface area contributed by atoms with Crippen molar-refractivity contribution in [3.63, 3.8) is 0 Å². The summed E-state index contributed by atoms with van der Waals surface area (Å²) < 4.78 is 0. The topological polar surface area (TPSA) is 49.8 Å². The summed E-state index contributed by atoms with van der Waals surface area (Å²) in [5.41, 5.74) is 0. The van der Waals surface area contributed by atoms with Crippen LogP contribution in [-0.2, 0) is 0 Å². The van der Waals surface area contributed by atoms with Gasteiger partial charge >= 0.3 is 0 Å². The van der Waals surface area contributed by atoms with Crippen LogP contribution in [0.15, 0.2) is 12.4 Å². The SMILES string of the molecule is CNc1cc(NCC(C)CSC)ncn1. The molecule has 4 nitrogen and oxygen atoms in total. The van der Waals surface area contributed by atoms with Gasteiger partial charge in [-0.3, -0.25) is 0 Å². The summed E-state index contributed by atoms with van der Waals surface area (Å²) in [4.78, 5) is 8.21. The molecule has 0 radical (unpaired) electrons. The van der Waals surface area contributed by atoms with Crippen LogP contribution in [-0.4, -0.2) is 35.6 Å². The Labute approximate surface area is 95.3 Å². The minimum absolute atomic E-state index is 0.646. The molecular weight excluding hydrogens is 208 g/mol. The van der Waals surface area contributed by atoms with Crippen LogP contribution < -0.4 is 10.6 Å². The maximum atomic E-state index is 4.15. The Morgan fingerprint density at radius 2 is 2.13 bits per heavy atom.